The molecule has 0 aromatic carbocycles. The van der Waals surface area contributed by atoms with Gasteiger partial charge in [0.15, 0.2) is 0 Å². The lowest BCUT2D eigenvalue weighted by molar-refractivity contribution is -0.129. The number of rotatable bonds is 2. The van der Waals surface area contributed by atoms with Crippen LogP contribution in [0, 0.1) is 17.8 Å². The van der Waals surface area contributed by atoms with Crippen molar-refractivity contribution in [1.29, 1.82) is 0 Å². The molecule has 2 aliphatic carbocycles. The van der Waals surface area contributed by atoms with Gasteiger partial charge in [-0.3, -0.25) is 4.79 Å². The lowest BCUT2D eigenvalue weighted by Crippen LogP contribution is -2.35. The Morgan fingerprint density at radius 2 is 2.23 bits per heavy atom. The van der Waals surface area contributed by atoms with Gasteiger partial charge in [0.25, 0.3) is 0 Å². The van der Waals surface area contributed by atoms with Crippen LogP contribution in [0.4, 0.5) is 0 Å². The molecule has 2 aliphatic rings. The van der Waals surface area contributed by atoms with Crippen LogP contribution in [0.5, 0.6) is 0 Å². The largest absolute Gasteiger partial charge is 0.299 e. The summed E-state index contributed by atoms with van der Waals surface area (Å²) in [4.78, 5) is 11.8. The second kappa shape index (κ2) is 3.65. The minimum absolute atomic E-state index is 0.284. The minimum Gasteiger partial charge on any atom is -0.299 e. The number of ketones is 1. The highest BCUT2D eigenvalue weighted by molar-refractivity contribution is 5.87. The van der Waals surface area contributed by atoms with Gasteiger partial charge in [0.05, 0.1) is 0 Å². The molecule has 1 nitrogen and oxygen atoms in total. The normalized spacial score (nSPS) is 37.9. The van der Waals surface area contributed by atoms with Crippen LogP contribution in [-0.4, -0.2) is 5.78 Å². The van der Waals surface area contributed by atoms with Crippen LogP contribution in [-0.2, 0) is 4.79 Å². The molecule has 2 bridgehead atoms. The van der Waals surface area contributed by atoms with Gasteiger partial charge in [0, 0.05) is 11.8 Å². The topological polar surface area (TPSA) is 17.1 Å². The predicted molar refractivity (Wildman–Crippen MR) is 53.4 cm³/mol. The van der Waals surface area contributed by atoms with Crippen molar-refractivity contribution in [2.45, 2.75) is 39.0 Å². The molecule has 13 heavy (non-hydrogen) atoms. The monoisotopic (exact) mass is 178 g/mol. The predicted octanol–water partition coefficient (Wildman–Crippen LogP) is 2.96. The van der Waals surface area contributed by atoms with Crippen molar-refractivity contribution in [3.05, 3.63) is 12.2 Å². The van der Waals surface area contributed by atoms with Crippen molar-refractivity contribution >= 4 is 5.78 Å². The van der Waals surface area contributed by atoms with E-state index >= 15 is 0 Å². The summed E-state index contributed by atoms with van der Waals surface area (Å²) in [5.41, 5.74) is 0. The molecule has 0 aromatic heterocycles. The van der Waals surface area contributed by atoms with Crippen molar-refractivity contribution in [3.8, 4) is 0 Å². The zero-order valence-electron chi connectivity index (χ0n) is 8.33. The first-order valence-corrected chi connectivity index (χ1v) is 5.55. The van der Waals surface area contributed by atoms with E-state index in [4.69, 9.17) is 0 Å². The SMILES string of the molecule is CCCC1C=CC2CCCC1C2=O. The average Bonchev–Trinajstić information content (AvgIpc) is 2.10. The highest BCUT2D eigenvalue weighted by atomic mass is 16.1. The summed E-state index contributed by atoms with van der Waals surface area (Å²) in [6.07, 6.45) is 10.4. The molecule has 3 unspecified atom stereocenters. The Kier molecular flexibility index (Phi) is 2.52. The second-order valence-electron chi connectivity index (χ2n) is 4.38. The van der Waals surface area contributed by atoms with Gasteiger partial charge in [-0.1, -0.05) is 31.9 Å². The first-order chi connectivity index (χ1) is 6.33. The van der Waals surface area contributed by atoms with Crippen LogP contribution in [0.15, 0.2) is 12.2 Å². The van der Waals surface area contributed by atoms with Crippen molar-refractivity contribution in [2.75, 3.05) is 0 Å². The average molecular weight is 178 g/mol. The Bertz CT molecular complexity index is 229. The molecule has 0 aromatic rings. The lowest BCUT2D eigenvalue weighted by Gasteiger charge is -2.34. The number of carbonyl (C=O) groups is 1. The number of hydrogen-bond acceptors (Lipinski definition) is 1. The van der Waals surface area contributed by atoms with Gasteiger partial charge in [-0.2, -0.15) is 0 Å². The highest BCUT2D eigenvalue weighted by Crippen LogP contribution is 2.38. The minimum atomic E-state index is 0.284. The quantitative estimate of drug-likeness (QED) is 0.594. The number of fused-ring (bicyclic) bond motifs is 2. The summed E-state index contributed by atoms with van der Waals surface area (Å²) in [6, 6.07) is 0. The van der Waals surface area contributed by atoms with E-state index < -0.39 is 0 Å². The fourth-order valence-corrected chi connectivity index (χ4v) is 2.78. The van der Waals surface area contributed by atoms with E-state index in [0.29, 0.717) is 17.6 Å². The molecule has 1 heteroatoms. The Labute approximate surface area is 80.2 Å². The summed E-state index contributed by atoms with van der Waals surface area (Å²) >= 11 is 0. The Hall–Kier alpha value is -0.590. The third-order valence-electron chi connectivity index (χ3n) is 3.49. The first-order valence-electron chi connectivity index (χ1n) is 5.55. The second-order valence-corrected chi connectivity index (χ2v) is 4.38. The maximum Gasteiger partial charge on any atom is 0.143 e. The van der Waals surface area contributed by atoms with E-state index in [0.717, 1.165) is 12.8 Å². The molecule has 0 saturated heterocycles. The van der Waals surface area contributed by atoms with Crippen LogP contribution in [0.3, 0.4) is 0 Å². The molecular formula is C12H18O. The molecule has 1 saturated carbocycles. The maximum atomic E-state index is 11.8. The molecule has 0 spiro atoms. The van der Waals surface area contributed by atoms with Crippen molar-refractivity contribution in [2.24, 2.45) is 17.8 Å². The van der Waals surface area contributed by atoms with Crippen LogP contribution in [0.1, 0.15) is 39.0 Å². The molecule has 0 N–H and O–H groups in total. The number of carbonyl (C=O) groups excluding carboxylic acids is 1. The fourth-order valence-electron chi connectivity index (χ4n) is 2.78. The van der Waals surface area contributed by atoms with E-state index in [2.05, 4.69) is 19.1 Å². The number of Topliss-reactive ketones (excluding diaryl/α,β-unsaturated/α-hetero) is 1. The van der Waals surface area contributed by atoms with Gasteiger partial charge in [0.1, 0.15) is 5.78 Å². The number of allylic oxidation sites excluding steroid dienone is 2. The molecule has 2 rings (SSSR count). The van der Waals surface area contributed by atoms with E-state index in [1.807, 2.05) is 0 Å². The molecule has 72 valence electrons. The molecule has 0 amide bonds. The van der Waals surface area contributed by atoms with Gasteiger partial charge in [0.2, 0.25) is 0 Å². The molecule has 1 fully saturated rings. The van der Waals surface area contributed by atoms with Crippen LogP contribution < -0.4 is 0 Å². The fraction of sp³-hybridized carbons (Fsp3) is 0.750. The molecule has 0 aliphatic heterocycles. The molecule has 0 heterocycles. The summed E-state index contributed by atoms with van der Waals surface area (Å²) in [6.45, 7) is 2.20. The third-order valence-corrected chi connectivity index (χ3v) is 3.49. The molecule has 0 radical (unpaired) electrons. The number of hydrogen-bond donors (Lipinski definition) is 0. The first kappa shape index (κ1) is 8.98. The third kappa shape index (κ3) is 1.56. The van der Waals surface area contributed by atoms with Crippen LogP contribution in [0.25, 0.3) is 0 Å². The zero-order chi connectivity index (χ0) is 9.26. The summed E-state index contributed by atoms with van der Waals surface area (Å²) in [7, 11) is 0. The van der Waals surface area contributed by atoms with Crippen molar-refractivity contribution in [3.63, 3.8) is 0 Å². The summed E-state index contributed by atoms with van der Waals surface area (Å²) in [5, 5.41) is 0. The van der Waals surface area contributed by atoms with Crippen LogP contribution >= 0.6 is 0 Å². The van der Waals surface area contributed by atoms with E-state index in [9.17, 15) is 4.79 Å². The Morgan fingerprint density at radius 1 is 1.38 bits per heavy atom. The summed E-state index contributed by atoms with van der Waals surface area (Å²) in [5.74, 6) is 1.76. The Balaban J connectivity index is 2.15. The molecular weight excluding hydrogens is 160 g/mol. The standard InChI is InChI=1S/C12H18O/c1-2-4-9-7-8-10-5-3-6-11(9)12(10)13/h7-11H,2-6H2,1H3. The van der Waals surface area contributed by atoms with Crippen molar-refractivity contribution in [1.82, 2.24) is 0 Å². The van der Waals surface area contributed by atoms with E-state index in [1.165, 1.54) is 19.3 Å². The van der Waals surface area contributed by atoms with Crippen LogP contribution in [0.2, 0.25) is 0 Å². The van der Waals surface area contributed by atoms with Crippen molar-refractivity contribution < 1.29 is 4.79 Å². The zero-order valence-corrected chi connectivity index (χ0v) is 8.33. The summed E-state index contributed by atoms with van der Waals surface area (Å²) < 4.78 is 0. The van der Waals surface area contributed by atoms with Gasteiger partial charge < -0.3 is 0 Å². The Morgan fingerprint density at radius 3 is 3.00 bits per heavy atom. The maximum absolute atomic E-state index is 11.8. The lowest BCUT2D eigenvalue weighted by atomic mass is 9.69. The van der Waals surface area contributed by atoms with Gasteiger partial charge in [-0.25, -0.2) is 0 Å². The van der Waals surface area contributed by atoms with E-state index in [1.54, 1.807) is 0 Å². The van der Waals surface area contributed by atoms with Gasteiger partial charge in [-0.05, 0) is 25.2 Å². The highest BCUT2D eigenvalue weighted by Gasteiger charge is 2.36. The molecule has 3 atom stereocenters. The van der Waals surface area contributed by atoms with Gasteiger partial charge >= 0.3 is 0 Å². The van der Waals surface area contributed by atoms with Gasteiger partial charge in [-0.15, -0.1) is 0 Å². The smallest absolute Gasteiger partial charge is 0.143 e. The van der Waals surface area contributed by atoms with E-state index in [-0.39, 0.29) is 5.92 Å².